The molecule has 1 aromatic heterocycles. The van der Waals surface area contributed by atoms with Gasteiger partial charge in [0.05, 0.1) is 0 Å². The highest BCUT2D eigenvalue weighted by Gasteiger charge is 2.30. The topological polar surface area (TPSA) is 65.7 Å². The van der Waals surface area contributed by atoms with Crippen molar-refractivity contribution in [3.8, 4) is 11.4 Å². The number of nitrogens with zero attached hydrogens (tertiary/aromatic N) is 5. The van der Waals surface area contributed by atoms with E-state index in [-0.39, 0.29) is 5.91 Å². The van der Waals surface area contributed by atoms with Gasteiger partial charge in [0.2, 0.25) is 11.7 Å². The van der Waals surface area contributed by atoms with Crippen molar-refractivity contribution >= 4 is 17.3 Å². The molecule has 160 valence electrons. The van der Waals surface area contributed by atoms with Gasteiger partial charge < -0.3 is 19.2 Å². The second kappa shape index (κ2) is 8.06. The molecule has 0 spiro atoms. The van der Waals surface area contributed by atoms with Crippen molar-refractivity contribution in [1.82, 2.24) is 15.0 Å². The van der Waals surface area contributed by atoms with Crippen molar-refractivity contribution in [1.29, 1.82) is 0 Å². The molecule has 2 heterocycles. The molecule has 2 aliphatic rings. The molecule has 1 saturated carbocycles. The van der Waals surface area contributed by atoms with E-state index >= 15 is 0 Å². The Labute approximate surface area is 182 Å². The van der Waals surface area contributed by atoms with E-state index in [0.29, 0.717) is 24.8 Å². The number of benzene rings is 2. The average Bonchev–Trinajstić information content (AvgIpc) is 3.55. The van der Waals surface area contributed by atoms with E-state index in [1.54, 1.807) is 0 Å². The number of amides is 1. The van der Waals surface area contributed by atoms with Gasteiger partial charge in [-0.1, -0.05) is 5.16 Å². The number of piperazine rings is 1. The molecule has 1 amide bonds. The van der Waals surface area contributed by atoms with Crippen LogP contribution in [0.25, 0.3) is 11.4 Å². The molecule has 0 atom stereocenters. The Morgan fingerprint density at radius 2 is 1.65 bits per heavy atom. The lowest BCUT2D eigenvalue weighted by molar-refractivity contribution is 0.0747. The minimum absolute atomic E-state index is 0.101. The van der Waals surface area contributed by atoms with E-state index in [1.165, 1.54) is 0 Å². The van der Waals surface area contributed by atoms with E-state index in [9.17, 15) is 4.79 Å². The van der Waals surface area contributed by atoms with Crippen molar-refractivity contribution in [2.24, 2.45) is 0 Å². The van der Waals surface area contributed by atoms with Crippen molar-refractivity contribution in [3.63, 3.8) is 0 Å². The lowest BCUT2D eigenvalue weighted by atomic mass is 10.1. The molecule has 3 aromatic rings. The molecular weight excluding hydrogens is 390 g/mol. The summed E-state index contributed by atoms with van der Waals surface area (Å²) < 4.78 is 5.37. The Balaban J connectivity index is 1.19. The molecule has 1 aliphatic heterocycles. The zero-order chi connectivity index (χ0) is 21.4. The molecule has 1 saturated heterocycles. The summed E-state index contributed by atoms with van der Waals surface area (Å²) in [5.74, 6) is 1.98. The number of hydrogen-bond acceptors (Lipinski definition) is 6. The van der Waals surface area contributed by atoms with Crippen molar-refractivity contribution < 1.29 is 9.32 Å². The standard InChI is InChI=1S/C24H27N5O2/c1-27(2)20-9-7-19(8-10-20)24(30)29-15-13-28(14-16-29)21-11-5-17(6-12-21)22-25-23(31-26-22)18-3-4-18/h5-12,18H,3-4,13-16H2,1-2H3. The molecule has 2 aromatic carbocycles. The van der Waals surface area contributed by atoms with Gasteiger partial charge in [0, 0.05) is 68.7 Å². The molecule has 0 bridgehead atoms. The molecule has 1 aliphatic carbocycles. The Morgan fingerprint density at radius 1 is 0.968 bits per heavy atom. The first-order valence-electron chi connectivity index (χ1n) is 10.8. The van der Waals surface area contributed by atoms with Gasteiger partial charge in [0.15, 0.2) is 0 Å². The molecule has 5 rings (SSSR count). The Bertz CT molecular complexity index is 1050. The summed E-state index contributed by atoms with van der Waals surface area (Å²) >= 11 is 0. The number of hydrogen-bond donors (Lipinski definition) is 0. The highest BCUT2D eigenvalue weighted by Crippen LogP contribution is 2.39. The fourth-order valence-electron chi connectivity index (χ4n) is 3.92. The molecular formula is C24H27N5O2. The summed E-state index contributed by atoms with van der Waals surface area (Å²) in [4.78, 5) is 23.7. The first-order valence-corrected chi connectivity index (χ1v) is 10.8. The highest BCUT2D eigenvalue weighted by atomic mass is 16.5. The molecule has 31 heavy (non-hydrogen) atoms. The number of aromatic nitrogens is 2. The van der Waals surface area contributed by atoms with Crippen molar-refractivity contribution in [2.45, 2.75) is 18.8 Å². The van der Waals surface area contributed by atoms with Crippen LogP contribution in [0.4, 0.5) is 11.4 Å². The van der Waals surface area contributed by atoms with E-state index < -0.39 is 0 Å². The van der Waals surface area contributed by atoms with Crippen LogP contribution in [0.5, 0.6) is 0 Å². The van der Waals surface area contributed by atoms with Gasteiger partial charge in [-0.15, -0.1) is 0 Å². The number of carbonyl (C=O) groups excluding carboxylic acids is 1. The van der Waals surface area contributed by atoms with Crippen LogP contribution in [-0.4, -0.2) is 61.2 Å². The first-order chi connectivity index (χ1) is 15.1. The third kappa shape index (κ3) is 4.13. The Kier molecular flexibility index (Phi) is 5.10. The fourth-order valence-corrected chi connectivity index (χ4v) is 3.92. The van der Waals surface area contributed by atoms with Gasteiger partial charge in [-0.05, 0) is 61.4 Å². The van der Waals surface area contributed by atoms with Crippen LogP contribution < -0.4 is 9.80 Å². The normalized spacial score (nSPS) is 16.5. The summed E-state index contributed by atoms with van der Waals surface area (Å²) in [6, 6.07) is 16.1. The van der Waals surface area contributed by atoms with Crippen LogP contribution in [0.3, 0.4) is 0 Å². The van der Waals surface area contributed by atoms with Crippen molar-refractivity contribution in [2.75, 3.05) is 50.1 Å². The third-order valence-corrected chi connectivity index (χ3v) is 6.06. The number of anilines is 2. The van der Waals surface area contributed by atoms with Gasteiger partial charge in [0.1, 0.15) is 0 Å². The van der Waals surface area contributed by atoms with Crippen LogP contribution in [0, 0.1) is 0 Å². The van der Waals surface area contributed by atoms with Crippen LogP contribution in [0.2, 0.25) is 0 Å². The van der Waals surface area contributed by atoms with Crippen LogP contribution in [0.15, 0.2) is 53.1 Å². The molecule has 7 nitrogen and oxygen atoms in total. The Hall–Kier alpha value is -3.35. The molecule has 2 fully saturated rings. The average molecular weight is 418 g/mol. The van der Waals surface area contributed by atoms with E-state index in [1.807, 2.05) is 60.3 Å². The molecule has 0 unspecified atom stereocenters. The van der Waals surface area contributed by atoms with Gasteiger partial charge in [-0.25, -0.2) is 0 Å². The lowest BCUT2D eigenvalue weighted by Gasteiger charge is -2.36. The number of carbonyl (C=O) groups is 1. The lowest BCUT2D eigenvalue weighted by Crippen LogP contribution is -2.48. The van der Waals surface area contributed by atoms with Gasteiger partial charge in [-0.2, -0.15) is 4.98 Å². The Morgan fingerprint density at radius 3 is 2.26 bits per heavy atom. The monoisotopic (exact) mass is 417 g/mol. The highest BCUT2D eigenvalue weighted by molar-refractivity contribution is 5.94. The van der Waals surface area contributed by atoms with Gasteiger partial charge in [-0.3, -0.25) is 4.79 Å². The van der Waals surface area contributed by atoms with Gasteiger partial charge in [0.25, 0.3) is 5.91 Å². The summed E-state index contributed by atoms with van der Waals surface area (Å²) in [6.45, 7) is 3.06. The van der Waals surface area contributed by atoms with E-state index in [4.69, 9.17) is 4.52 Å². The number of rotatable bonds is 5. The van der Waals surface area contributed by atoms with Crippen LogP contribution >= 0.6 is 0 Å². The van der Waals surface area contributed by atoms with Crippen LogP contribution in [-0.2, 0) is 0 Å². The zero-order valence-corrected chi connectivity index (χ0v) is 18.0. The first kappa shape index (κ1) is 19.6. The maximum absolute atomic E-state index is 12.9. The maximum atomic E-state index is 12.9. The minimum Gasteiger partial charge on any atom is -0.378 e. The second-order valence-corrected chi connectivity index (χ2v) is 8.50. The zero-order valence-electron chi connectivity index (χ0n) is 18.0. The summed E-state index contributed by atoms with van der Waals surface area (Å²) in [7, 11) is 3.99. The maximum Gasteiger partial charge on any atom is 0.253 e. The minimum atomic E-state index is 0.101. The van der Waals surface area contributed by atoms with E-state index in [0.717, 1.165) is 54.3 Å². The van der Waals surface area contributed by atoms with Gasteiger partial charge >= 0.3 is 0 Å². The molecule has 0 radical (unpaired) electrons. The molecule has 7 heteroatoms. The predicted octanol–water partition coefficient (Wildman–Crippen LogP) is 3.64. The molecule has 0 N–H and O–H groups in total. The summed E-state index contributed by atoms with van der Waals surface area (Å²) in [5, 5.41) is 4.12. The third-order valence-electron chi connectivity index (χ3n) is 6.06. The smallest absolute Gasteiger partial charge is 0.253 e. The predicted molar refractivity (Wildman–Crippen MR) is 121 cm³/mol. The quantitative estimate of drug-likeness (QED) is 0.632. The van der Waals surface area contributed by atoms with E-state index in [2.05, 4.69) is 27.2 Å². The van der Waals surface area contributed by atoms with Crippen LogP contribution in [0.1, 0.15) is 35.0 Å². The fraction of sp³-hybridized carbons (Fsp3) is 0.375. The summed E-state index contributed by atoms with van der Waals surface area (Å²) in [6.07, 6.45) is 2.30. The largest absolute Gasteiger partial charge is 0.378 e. The summed E-state index contributed by atoms with van der Waals surface area (Å²) in [5.41, 5.74) is 3.95. The SMILES string of the molecule is CN(C)c1ccc(C(=O)N2CCN(c3ccc(-c4noc(C5CC5)n4)cc3)CC2)cc1. The second-order valence-electron chi connectivity index (χ2n) is 8.50. The van der Waals surface area contributed by atoms with Crippen molar-refractivity contribution in [3.05, 3.63) is 60.0 Å².